The van der Waals surface area contributed by atoms with Crippen LogP contribution in [-0.4, -0.2) is 43.0 Å². The molecule has 7 nitrogen and oxygen atoms in total. The number of hydrogen-bond acceptors (Lipinski definition) is 6. The van der Waals surface area contributed by atoms with Crippen LogP contribution in [0.2, 0.25) is 0 Å². The van der Waals surface area contributed by atoms with Gasteiger partial charge in [0.2, 0.25) is 15.9 Å². The second-order valence-corrected chi connectivity index (χ2v) is 9.92. The van der Waals surface area contributed by atoms with Gasteiger partial charge >= 0.3 is 0 Å². The minimum atomic E-state index is -3.59. The number of carbonyl (C=O) groups is 1. The highest BCUT2D eigenvalue weighted by molar-refractivity contribution is 8.00. The fourth-order valence-electron chi connectivity index (χ4n) is 2.43. The van der Waals surface area contributed by atoms with Crippen LogP contribution in [0.5, 0.6) is 0 Å². The Kier molecular flexibility index (Phi) is 6.82. The fourth-order valence-corrected chi connectivity index (χ4v) is 4.40. The smallest absolute Gasteiger partial charge is 0.242 e. The number of nitrogens with zero attached hydrogens (tertiary/aromatic N) is 3. The molecule has 0 saturated carbocycles. The first-order chi connectivity index (χ1) is 13.1. The molecule has 0 unspecified atom stereocenters. The number of carbonyl (C=O) groups excluding carboxylic acids is 1. The van der Waals surface area contributed by atoms with Gasteiger partial charge in [-0.05, 0) is 50.6 Å². The predicted octanol–water partition coefficient (Wildman–Crippen LogP) is 2.94. The van der Waals surface area contributed by atoms with E-state index in [9.17, 15) is 18.5 Å². The fraction of sp³-hybridized carbons (Fsp3) is 0.316. The molecule has 0 saturated heterocycles. The van der Waals surface area contributed by atoms with E-state index < -0.39 is 15.3 Å². The van der Waals surface area contributed by atoms with Gasteiger partial charge in [-0.15, -0.1) is 0 Å². The third-order valence-electron chi connectivity index (χ3n) is 3.96. The Labute approximate surface area is 169 Å². The minimum Gasteiger partial charge on any atom is -0.325 e. The molecular weight excluding hydrogens is 396 g/mol. The molecule has 1 amide bonds. The van der Waals surface area contributed by atoms with Crippen molar-refractivity contribution in [1.82, 2.24) is 9.29 Å². The number of nitriles is 1. The Morgan fingerprint density at radius 3 is 2.57 bits per heavy atom. The molecule has 1 atom stereocenters. The van der Waals surface area contributed by atoms with Crippen LogP contribution < -0.4 is 5.32 Å². The summed E-state index contributed by atoms with van der Waals surface area (Å²) >= 11 is 1.19. The van der Waals surface area contributed by atoms with E-state index in [-0.39, 0.29) is 10.8 Å². The van der Waals surface area contributed by atoms with Crippen molar-refractivity contribution in [3.63, 3.8) is 0 Å². The predicted molar refractivity (Wildman–Crippen MR) is 110 cm³/mol. The molecule has 1 N–H and O–H groups in total. The van der Waals surface area contributed by atoms with Gasteiger partial charge in [0.25, 0.3) is 0 Å². The van der Waals surface area contributed by atoms with Crippen LogP contribution in [0.25, 0.3) is 0 Å². The molecule has 28 heavy (non-hydrogen) atoms. The van der Waals surface area contributed by atoms with Crippen LogP contribution >= 0.6 is 11.8 Å². The number of thioether (sulfide) groups is 1. The van der Waals surface area contributed by atoms with Crippen molar-refractivity contribution < 1.29 is 13.2 Å². The highest BCUT2D eigenvalue weighted by Gasteiger charge is 2.21. The summed E-state index contributed by atoms with van der Waals surface area (Å²) in [7, 11) is -0.697. The lowest BCUT2D eigenvalue weighted by Gasteiger charge is -2.15. The van der Waals surface area contributed by atoms with Gasteiger partial charge in [0, 0.05) is 25.5 Å². The largest absolute Gasteiger partial charge is 0.325 e. The summed E-state index contributed by atoms with van der Waals surface area (Å²) in [6, 6.07) is 10.0. The van der Waals surface area contributed by atoms with Crippen LogP contribution in [-0.2, 0) is 14.8 Å². The summed E-state index contributed by atoms with van der Waals surface area (Å²) in [5.41, 5.74) is 2.42. The maximum absolute atomic E-state index is 12.6. The van der Waals surface area contributed by atoms with Crippen molar-refractivity contribution in [3.8, 4) is 6.07 Å². The lowest BCUT2D eigenvalue weighted by molar-refractivity contribution is -0.115. The minimum absolute atomic E-state index is 0.0957. The summed E-state index contributed by atoms with van der Waals surface area (Å²) in [4.78, 5) is 17.0. The van der Waals surface area contributed by atoms with Gasteiger partial charge in [0.15, 0.2) is 0 Å². The highest BCUT2D eigenvalue weighted by Crippen LogP contribution is 2.28. The van der Waals surface area contributed by atoms with Crippen molar-refractivity contribution in [1.29, 1.82) is 5.26 Å². The molecule has 1 heterocycles. The molecule has 2 aromatic rings. The van der Waals surface area contributed by atoms with Crippen LogP contribution in [0.3, 0.4) is 0 Å². The third kappa shape index (κ3) is 4.90. The molecule has 1 aromatic carbocycles. The van der Waals surface area contributed by atoms with Gasteiger partial charge in [-0.1, -0.05) is 17.8 Å². The average molecular weight is 419 g/mol. The van der Waals surface area contributed by atoms with Crippen LogP contribution in [0.4, 0.5) is 5.69 Å². The SMILES string of the molecule is Cc1cc(C)c(C#N)c(S[C@H](C)C(=O)Nc2cccc(S(=O)(=O)N(C)C)c2)n1. The van der Waals surface area contributed by atoms with E-state index in [0.717, 1.165) is 15.6 Å². The molecule has 2 rings (SSSR count). The summed E-state index contributed by atoms with van der Waals surface area (Å²) in [6.07, 6.45) is 0. The average Bonchev–Trinajstić information content (AvgIpc) is 2.61. The molecule has 9 heteroatoms. The summed E-state index contributed by atoms with van der Waals surface area (Å²) < 4.78 is 25.6. The zero-order valence-electron chi connectivity index (χ0n) is 16.3. The number of aryl methyl sites for hydroxylation is 2. The van der Waals surface area contributed by atoms with E-state index in [4.69, 9.17) is 0 Å². The zero-order valence-corrected chi connectivity index (χ0v) is 18.0. The number of hydrogen-bond donors (Lipinski definition) is 1. The second kappa shape index (κ2) is 8.73. The van der Waals surface area contributed by atoms with E-state index in [0.29, 0.717) is 16.3 Å². The maximum atomic E-state index is 12.6. The van der Waals surface area contributed by atoms with E-state index in [2.05, 4.69) is 16.4 Å². The van der Waals surface area contributed by atoms with E-state index in [1.54, 1.807) is 19.1 Å². The lowest BCUT2D eigenvalue weighted by atomic mass is 10.1. The molecule has 148 valence electrons. The van der Waals surface area contributed by atoms with Crippen molar-refractivity contribution >= 4 is 33.4 Å². The normalized spacial score (nSPS) is 12.5. The summed E-state index contributed by atoms with van der Waals surface area (Å²) in [5, 5.41) is 12.1. The van der Waals surface area contributed by atoms with Gasteiger partial charge in [0.1, 0.15) is 11.1 Å². The number of aromatic nitrogens is 1. The first-order valence-corrected chi connectivity index (χ1v) is 10.8. The van der Waals surface area contributed by atoms with E-state index in [1.165, 1.54) is 38.0 Å². The second-order valence-electron chi connectivity index (χ2n) is 6.44. The maximum Gasteiger partial charge on any atom is 0.242 e. The number of sulfonamides is 1. The number of nitrogens with one attached hydrogen (secondary N) is 1. The highest BCUT2D eigenvalue weighted by atomic mass is 32.2. The molecule has 0 fully saturated rings. The number of rotatable bonds is 6. The summed E-state index contributed by atoms with van der Waals surface area (Å²) in [5.74, 6) is -0.311. The quantitative estimate of drug-likeness (QED) is 0.724. The molecule has 0 radical (unpaired) electrons. The third-order valence-corrected chi connectivity index (χ3v) is 6.86. The van der Waals surface area contributed by atoms with Crippen molar-refractivity contribution in [2.45, 2.75) is 35.9 Å². The van der Waals surface area contributed by atoms with Gasteiger partial charge < -0.3 is 5.32 Å². The Hall–Kier alpha value is -2.41. The topological polar surface area (TPSA) is 103 Å². The van der Waals surface area contributed by atoms with Crippen molar-refractivity contribution in [3.05, 3.63) is 47.2 Å². The van der Waals surface area contributed by atoms with Gasteiger partial charge in [-0.3, -0.25) is 4.79 Å². The Bertz CT molecular complexity index is 1040. The molecule has 1 aromatic heterocycles. The molecule has 0 aliphatic carbocycles. The number of benzene rings is 1. The molecule has 0 spiro atoms. The molecule has 0 aliphatic rings. The van der Waals surface area contributed by atoms with Gasteiger partial charge in [-0.25, -0.2) is 17.7 Å². The van der Waals surface area contributed by atoms with Crippen molar-refractivity contribution in [2.75, 3.05) is 19.4 Å². The summed E-state index contributed by atoms with van der Waals surface area (Å²) in [6.45, 7) is 5.37. The Balaban J connectivity index is 2.20. The van der Waals surface area contributed by atoms with Gasteiger partial charge in [-0.2, -0.15) is 5.26 Å². The monoisotopic (exact) mass is 418 g/mol. The Morgan fingerprint density at radius 1 is 1.29 bits per heavy atom. The van der Waals surface area contributed by atoms with Gasteiger partial charge in [0.05, 0.1) is 15.7 Å². The van der Waals surface area contributed by atoms with Crippen LogP contribution in [0, 0.1) is 25.2 Å². The first-order valence-electron chi connectivity index (χ1n) is 8.44. The van der Waals surface area contributed by atoms with Crippen molar-refractivity contribution in [2.24, 2.45) is 0 Å². The number of amides is 1. The number of pyridine rings is 1. The molecule has 0 bridgehead atoms. The Morgan fingerprint density at radius 2 is 1.96 bits per heavy atom. The standard InChI is InChI=1S/C19H22N4O3S2/c1-12-9-13(2)21-19(17(12)11-20)27-14(3)18(24)22-15-7-6-8-16(10-15)28(25,26)23(4)5/h6-10,14H,1-5H3,(H,22,24)/t14-/m1/s1. The molecule has 0 aliphatic heterocycles. The number of anilines is 1. The molecular formula is C19H22N4O3S2. The van der Waals surface area contributed by atoms with Crippen LogP contribution in [0.15, 0.2) is 40.3 Å². The lowest BCUT2D eigenvalue weighted by Crippen LogP contribution is -2.24. The van der Waals surface area contributed by atoms with E-state index >= 15 is 0 Å². The van der Waals surface area contributed by atoms with E-state index in [1.807, 2.05) is 19.9 Å². The van der Waals surface area contributed by atoms with Crippen LogP contribution in [0.1, 0.15) is 23.7 Å². The zero-order chi connectivity index (χ0) is 21.1. The first kappa shape index (κ1) is 21.9.